The van der Waals surface area contributed by atoms with Crippen LogP contribution in [0.25, 0.3) is 0 Å². The van der Waals surface area contributed by atoms with Crippen LogP contribution in [-0.4, -0.2) is 28.2 Å². The molecule has 1 atom stereocenters. The van der Waals surface area contributed by atoms with Crippen LogP contribution in [0.15, 0.2) is 53.9 Å². The minimum Gasteiger partial charge on any atom is -0.440 e. The number of allylic oxidation sites excluding steroid dienone is 1. The van der Waals surface area contributed by atoms with Crippen molar-refractivity contribution in [2.24, 2.45) is 5.73 Å². The van der Waals surface area contributed by atoms with Gasteiger partial charge in [-0.3, -0.25) is 0 Å². The monoisotopic (exact) mass is 334 g/mol. The van der Waals surface area contributed by atoms with Gasteiger partial charge in [0.25, 0.3) is 0 Å². The molecule has 2 N–H and O–H groups in total. The Kier molecular flexibility index (Phi) is 4.28. The van der Waals surface area contributed by atoms with Crippen LogP contribution in [0.4, 0.5) is 11.4 Å². The van der Waals surface area contributed by atoms with Gasteiger partial charge in [-0.2, -0.15) is 5.26 Å². The van der Waals surface area contributed by atoms with Crippen LogP contribution < -0.4 is 20.3 Å². The standard InChI is InChI=1S/C20H22N4O/c1-23(2)14-7-5-6-13(10-14)19-16-9-8-15(24(3)4)11-18(16)25-20(22)17(19)12-21/h5-11,19H,22H2,1-4H3. The lowest BCUT2D eigenvalue weighted by atomic mass is 9.83. The van der Waals surface area contributed by atoms with Gasteiger partial charge in [0.1, 0.15) is 17.4 Å². The molecular weight excluding hydrogens is 312 g/mol. The summed E-state index contributed by atoms with van der Waals surface area (Å²) < 4.78 is 5.75. The molecule has 3 rings (SSSR count). The second-order valence-electron chi connectivity index (χ2n) is 6.53. The van der Waals surface area contributed by atoms with Gasteiger partial charge in [0.05, 0.1) is 5.92 Å². The number of nitrogens with zero attached hydrogens (tertiary/aromatic N) is 3. The van der Waals surface area contributed by atoms with Crippen molar-refractivity contribution < 1.29 is 4.74 Å². The Hall–Kier alpha value is -3.13. The van der Waals surface area contributed by atoms with Crippen molar-refractivity contribution in [1.82, 2.24) is 0 Å². The number of ether oxygens (including phenoxy) is 1. The maximum atomic E-state index is 9.65. The van der Waals surface area contributed by atoms with Gasteiger partial charge in [0.2, 0.25) is 5.88 Å². The van der Waals surface area contributed by atoms with E-state index in [-0.39, 0.29) is 11.8 Å². The fourth-order valence-corrected chi connectivity index (χ4v) is 3.05. The zero-order chi connectivity index (χ0) is 18.1. The third kappa shape index (κ3) is 2.99. The highest BCUT2D eigenvalue weighted by molar-refractivity contribution is 5.62. The van der Waals surface area contributed by atoms with Crippen molar-refractivity contribution in [2.45, 2.75) is 5.92 Å². The largest absolute Gasteiger partial charge is 0.440 e. The van der Waals surface area contributed by atoms with Crippen LogP contribution in [0, 0.1) is 11.3 Å². The van der Waals surface area contributed by atoms with Crippen LogP contribution in [0.1, 0.15) is 17.0 Å². The molecule has 2 aromatic rings. The van der Waals surface area contributed by atoms with Gasteiger partial charge < -0.3 is 20.3 Å². The van der Waals surface area contributed by atoms with Crippen LogP contribution >= 0.6 is 0 Å². The number of benzene rings is 2. The van der Waals surface area contributed by atoms with Crippen molar-refractivity contribution >= 4 is 11.4 Å². The maximum Gasteiger partial charge on any atom is 0.205 e. The minimum atomic E-state index is -0.232. The van der Waals surface area contributed by atoms with Gasteiger partial charge in [0.15, 0.2) is 0 Å². The zero-order valence-electron chi connectivity index (χ0n) is 14.9. The van der Waals surface area contributed by atoms with E-state index in [9.17, 15) is 5.26 Å². The molecule has 0 fully saturated rings. The Morgan fingerprint density at radius 2 is 1.68 bits per heavy atom. The average molecular weight is 334 g/mol. The Morgan fingerprint density at radius 3 is 2.32 bits per heavy atom. The zero-order valence-corrected chi connectivity index (χ0v) is 14.9. The van der Waals surface area contributed by atoms with Crippen LogP contribution in [0.3, 0.4) is 0 Å². The fraction of sp³-hybridized carbons (Fsp3) is 0.250. The van der Waals surface area contributed by atoms with E-state index in [1.165, 1.54) is 0 Å². The van der Waals surface area contributed by atoms with Crippen molar-refractivity contribution in [1.29, 1.82) is 5.26 Å². The molecule has 1 heterocycles. The SMILES string of the molecule is CN(C)c1cccc(C2C(C#N)=C(N)Oc3cc(N(C)C)ccc32)c1. The summed E-state index contributed by atoms with van der Waals surface area (Å²) in [6, 6.07) is 16.4. The Labute approximate surface area is 148 Å². The summed E-state index contributed by atoms with van der Waals surface area (Å²) in [4.78, 5) is 4.04. The lowest BCUT2D eigenvalue weighted by Gasteiger charge is -2.28. The third-order valence-corrected chi connectivity index (χ3v) is 4.44. The van der Waals surface area contributed by atoms with Crippen LogP contribution in [0.2, 0.25) is 0 Å². The maximum absolute atomic E-state index is 9.65. The van der Waals surface area contributed by atoms with Gasteiger partial charge in [0, 0.05) is 51.2 Å². The number of hydrogen-bond acceptors (Lipinski definition) is 5. The summed E-state index contributed by atoms with van der Waals surface area (Å²) in [5.74, 6) is 0.638. The highest BCUT2D eigenvalue weighted by Gasteiger charge is 2.31. The lowest BCUT2D eigenvalue weighted by Crippen LogP contribution is -2.22. The van der Waals surface area contributed by atoms with Crippen molar-refractivity contribution in [3.63, 3.8) is 0 Å². The normalized spacial score (nSPS) is 15.9. The van der Waals surface area contributed by atoms with Crippen molar-refractivity contribution in [3.05, 3.63) is 65.0 Å². The highest BCUT2D eigenvalue weighted by atomic mass is 16.5. The smallest absolute Gasteiger partial charge is 0.205 e. The molecule has 0 radical (unpaired) electrons. The first kappa shape index (κ1) is 16.7. The summed E-state index contributed by atoms with van der Waals surface area (Å²) in [6.45, 7) is 0. The predicted octanol–water partition coefficient (Wildman–Crippen LogP) is 3.04. The summed E-state index contributed by atoms with van der Waals surface area (Å²) in [6.07, 6.45) is 0. The molecule has 0 aromatic heterocycles. The molecule has 25 heavy (non-hydrogen) atoms. The summed E-state index contributed by atoms with van der Waals surface area (Å²) >= 11 is 0. The van der Waals surface area contributed by atoms with E-state index < -0.39 is 0 Å². The van der Waals surface area contributed by atoms with Crippen molar-refractivity contribution in [3.8, 4) is 11.8 Å². The first-order chi connectivity index (χ1) is 11.9. The predicted molar refractivity (Wildman–Crippen MR) is 101 cm³/mol. The molecule has 0 aliphatic carbocycles. The summed E-state index contributed by atoms with van der Waals surface area (Å²) in [5.41, 5.74) is 10.6. The molecule has 5 nitrogen and oxygen atoms in total. The highest BCUT2D eigenvalue weighted by Crippen LogP contribution is 2.43. The van der Waals surface area contributed by atoms with Gasteiger partial charge >= 0.3 is 0 Å². The first-order valence-corrected chi connectivity index (χ1v) is 8.08. The number of nitriles is 1. The van der Waals surface area contributed by atoms with Gasteiger partial charge in [-0.05, 0) is 23.8 Å². The Bertz CT molecular complexity index is 878. The minimum absolute atomic E-state index is 0.172. The molecule has 1 aliphatic rings. The van der Waals surface area contributed by atoms with E-state index in [2.05, 4.69) is 12.1 Å². The summed E-state index contributed by atoms with van der Waals surface area (Å²) in [5, 5.41) is 9.65. The lowest BCUT2D eigenvalue weighted by molar-refractivity contribution is 0.394. The quantitative estimate of drug-likeness (QED) is 0.934. The number of hydrogen-bond donors (Lipinski definition) is 1. The Morgan fingerprint density at radius 1 is 1.00 bits per heavy atom. The molecule has 0 saturated carbocycles. The third-order valence-electron chi connectivity index (χ3n) is 4.44. The van der Waals surface area contributed by atoms with Crippen LogP contribution in [-0.2, 0) is 0 Å². The fourth-order valence-electron chi connectivity index (χ4n) is 3.05. The van der Waals surface area contributed by atoms with Gasteiger partial charge in [-0.15, -0.1) is 0 Å². The van der Waals surface area contributed by atoms with E-state index in [4.69, 9.17) is 10.5 Å². The molecule has 0 saturated heterocycles. The molecule has 1 unspecified atom stereocenters. The van der Waals surface area contributed by atoms with E-state index in [1.54, 1.807) is 0 Å². The number of rotatable bonds is 3. The van der Waals surface area contributed by atoms with E-state index in [0.29, 0.717) is 11.3 Å². The molecule has 2 aromatic carbocycles. The average Bonchev–Trinajstić information content (AvgIpc) is 2.59. The van der Waals surface area contributed by atoms with Gasteiger partial charge in [-0.1, -0.05) is 18.2 Å². The number of fused-ring (bicyclic) bond motifs is 1. The molecule has 0 spiro atoms. The molecule has 128 valence electrons. The molecule has 1 aliphatic heterocycles. The molecule has 0 amide bonds. The van der Waals surface area contributed by atoms with E-state index in [0.717, 1.165) is 22.5 Å². The first-order valence-electron chi connectivity index (χ1n) is 8.08. The molecule has 5 heteroatoms. The second kappa shape index (κ2) is 6.40. The number of anilines is 2. The summed E-state index contributed by atoms with van der Waals surface area (Å²) in [7, 11) is 7.94. The topological polar surface area (TPSA) is 65.5 Å². The number of nitrogens with two attached hydrogens (primary N) is 1. The van der Waals surface area contributed by atoms with E-state index in [1.807, 2.05) is 74.4 Å². The molecular formula is C20H22N4O. The van der Waals surface area contributed by atoms with Gasteiger partial charge in [-0.25, -0.2) is 0 Å². The van der Waals surface area contributed by atoms with E-state index >= 15 is 0 Å². The second-order valence-corrected chi connectivity index (χ2v) is 6.53. The Balaban J connectivity index is 2.18. The van der Waals surface area contributed by atoms with Crippen LogP contribution in [0.5, 0.6) is 5.75 Å². The van der Waals surface area contributed by atoms with Crippen molar-refractivity contribution in [2.75, 3.05) is 38.0 Å². The molecule has 0 bridgehead atoms.